The van der Waals surface area contributed by atoms with E-state index in [4.69, 9.17) is 15.2 Å². The summed E-state index contributed by atoms with van der Waals surface area (Å²) in [4.78, 5) is 19.7. The van der Waals surface area contributed by atoms with Gasteiger partial charge in [0.15, 0.2) is 0 Å². The predicted octanol–water partition coefficient (Wildman–Crippen LogP) is 5.58. The molecule has 0 amide bonds. The summed E-state index contributed by atoms with van der Waals surface area (Å²) in [7, 11) is 2.06. The molecule has 196 valence electrons. The fraction of sp³-hybridized carbons (Fsp3) is 0.333. The molecule has 0 spiro atoms. The number of pyridine rings is 2. The molecule has 1 aromatic carbocycles. The molecule has 8 nitrogen and oxygen atoms in total. The number of ether oxygens (including phenoxy) is 2. The number of hydrogen-bond acceptors (Lipinski definition) is 8. The minimum Gasteiger partial charge on any atom is -0.478 e. The molecule has 0 radical (unpaired) electrons. The van der Waals surface area contributed by atoms with E-state index in [1.165, 1.54) is 24.0 Å². The summed E-state index contributed by atoms with van der Waals surface area (Å²) < 4.78 is 11.0. The van der Waals surface area contributed by atoms with Gasteiger partial charge in [0.2, 0.25) is 5.88 Å². The van der Waals surface area contributed by atoms with Gasteiger partial charge in [-0.3, -0.25) is 0 Å². The Labute approximate surface area is 223 Å². The molecule has 2 N–H and O–H groups in total. The van der Waals surface area contributed by atoms with E-state index in [-0.39, 0.29) is 0 Å². The molecule has 6 rings (SSSR count). The van der Waals surface area contributed by atoms with Crippen LogP contribution in [-0.4, -0.2) is 33.6 Å². The molecule has 2 aliphatic rings. The molecule has 3 aromatic heterocycles. The highest BCUT2D eigenvalue weighted by Gasteiger charge is 2.26. The standard InChI is InChI=1S/C21H24N4O2.C9H10N2/c1-4-27-20-8-7-19(13(2)23-20)25(3)10-14-5-6-15-16-11-26-12-17(16)21(22)24-18(15)9-14;1-2-7-5-10-9(11-6-7)8-3-4-8/h5-9H,4,10-12H2,1-3H3,(H2,22,24);2,5-6,8H,1,3-4H2. The third-order valence-electron chi connectivity index (χ3n) is 6.82. The molecular formula is C30H34N6O2. The maximum Gasteiger partial charge on any atom is 0.213 e. The average molecular weight is 511 g/mol. The molecule has 4 heterocycles. The predicted molar refractivity (Wildman–Crippen MR) is 151 cm³/mol. The Hall–Kier alpha value is -4.04. The van der Waals surface area contributed by atoms with Gasteiger partial charge in [-0.15, -0.1) is 0 Å². The number of aryl methyl sites for hydroxylation is 1. The number of anilines is 2. The molecule has 1 fully saturated rings. The van der Waals surface area contributed by atoms with Crippen LogP contribution in [0.5, 0.6) is 5.88 Å². The zero-order valence-electron chi connectivity index (χ0n) is 22.3. The first-order chi connectivity index (χ1) is 18.5. The fourth-order valence-electron chi connectivity index (χ4n) is 4.65. The molecule has 38 heavy (non-hydrogen) atoms. The quantitative estimate of drug-likeness (QED) is 0.344. The van der Waals surface area contributed by atoms with Crippen LogP contribution in [0.15, 0.2) is 49.3 Å². The molecule has 0 atom stereocenters. The van der Waals surface area contributed by atoms with Gasteiger partial charge in [-0.2, -0.15) is 0 Å². The van der Waals surface area contributed by atoms with Gasteiger partial charge in [0.1, 0.15) is 11.6 Å². The van der Waals surface area contributed by atoms with Gasteiger partial charge < -0.3 is 20.1 Å². The zero-order valence-corrected chi connectivity index (χ0v) is 22.3. The first kappa shape index (κ1) is 25.6. The van der Waals surface area contributed by atoms with Gasteiger partial charge in [0.25, 0.3) is 0 Å². The molecule has 1 saturated carbocycles. The summed E-state index contributed by atoms with van der Waals surface area (Å²) in [5.74, 6) is 2.88. The van der Waals surface area contributed by atoms with E-state index in [0.717, 1.165) is 45.8 Å². The van der Waals surface area contributed by atoms with Crippen molar-refractivity contribution in [2.45, 2.75) is 52.4 Å². The lowest BCUT2D eigenvalue weighted by Crippen LogP contribution is -2.18. The van der Waals surface area contributed by atoms with E-state index in [2.05, 4.69) is 62.7 Å². The van der Waals surface area contributed by atoms with E-state index < -0.39 is 0 Å². The summed E-state index contributed by atoms with van der Waals surface area (Å²) in [6.07, 6.45) is 7.93. The van der Waals surface area contributed by atoms with Crippen LogP contribution >= 0.6 is 0 Å². The Bertz CT molecular complexity index is 1450. The maximum absolute atomic E-state index is 6.12. The first-order valence-corrected chi connectivity index (χ1v) is 13.0. The molecule has 1 aliphatic carbocycles. The third-order valence-corrected chi connectivity index (χ3v) is 6.82. The summed E-state index contributed by atoms with van der Waals surface area (Å²) in [5, 5.41) is 1.13. The summed E-state index contributed by atoms with van der Waals surface area (Å²) in [6, 6.07) is 10.3. The number of nitrogens with zero attached hydrogens (tertiary/aromatic N) is 5. The highest BCUT2D eigenvalue weighted by molar-refractivity contribution is 5.86. The largest absolute Gasteiger partial charge is 0.478 e. The van der Waals surface area contributed by atoms with Crippen molar-refractivity contribution in [3.8, 4) is 5.88 Å². The van der Waals surface area contributed by atoms with Crippen molar-refractivity contribution in [3.05, 3.63) is 83.1 Å². The van der Waals surface area contributed by atoms with Crippen molar-refractivity contribution in [2.75, 3.05) is 24.3 Å². The highest BCUT2D eigenvalue weighted by Crippen LogP contribution is 2.37. The summed E-state index contributed by atoms with van der Waals surface area (Å²) in [6.45, 7) is 10.1. The second kappa shape index (κ2) is 11.1. The van der Waals surface area contributed by atoms with Crippen molar-refractivity contribution < 1.29 is 9.47 Å². The second-order valence-electron chi connectivity index (χ2n) is 9.69. The number of rotatable bonds is 7. The van der Waals surface area contributed by atoms with Gasteiger partial charge >= 0.3 is 0 Å². The van der Waals surface area contributed by atoms with Gasteiger partial charge in [-0.05, 0) is 49.9 Å². The van der Waals surface area contributed by atoms with E-state index in [1.807, 2.05) is 32.3 Å². The van der Waals surface area contributed by atoms with Crippen molar-refractivity contribution >= 4 is 28.5 Å². The van der Waals surface area contributed by atoms with Crippen LogP contribution in [-0.2, 0) is 24.5 Å². The van der Waals surface area contributed by atoms with E-state index >= 15 is 0 Å². The van der Waals surface area contributed by atoms with Gasteiger partial charge in [0, 0.05) is 54.5 Å². The Morgan fingerprint density at radius 2 is 1.87 bits per heavy atom. The minimum absolute atomic E-state index is 0.554. The van der Waals surface area contributed by atoms with Crippen LogP contribution in [0.1, 0.15) is 59.5 Å². The van der Waals surface area contributed by atoms with Gasteiger partial charge in [-0.25, -0.2) is 19.9 Å². The van der Waals surface area contributed by atoms with Gasteiger partial charge in [0.05, 0.1) is 36.7 Å². The highest BCUT2D eigenvalue weighted by atomic mass is 16.5. The fourth-order valence-corrected chi connectivity index (χ4v) is 4.65. The number of fused-ring (bicyclic) bond motifs is 3. The molecule has 4 aromatic rings. The molecular weight excluding hydrogens is 476 g/mol. The lowest BCUT2D eigenvalue weighted by molar-refractivity contribution is 0.135. The van der Waals surface area contributed by atoms with Crippen LogP contribution in [0, 0.1) is 6.92 Å². The van der Waals surface area contributed by atoms with Crippen LogP contribution < -0.4 is 15.4 Å². The number of nitrogen functional groups attached to an aromatic ring is 1. The Kier molecular flexibility index (Phi) is 7.51. The lowest BCUT2D eigenvalue weighted by Gasteiger charge is -2.21. The van der Waals surface area contributed by atoms with Crippen LogP contribution in [0.25, 0.3) is 17.0 Å². The van der Waals surface area contributed by atoms with Crippen molar-refractivity contribution in [1.82, 2.24) is 19.9 Å². The zero-order chi connectivity index (χ0) is 26.6. The topological polar surface area (TPSA) is 99.3 Å². The lowest BCUT2D eigenvalue weighted by atomic mass is 10.0. The maximum atomic E-state index is 6.12. The summed E-state index contributed by atoms with van der Waals surface area (Å²) >= 11 is 0. The molecule has 1 aliphatic heterocycles. The van der Waals surface area contributed by atoms with Crippen molar-refractivity contribution in [2.24, 2.45) is 0 Å². The average Bonchev–Trinajstić information content (AvgIpc) is 3.65. The normalized spacial score (nSPS) is 14.0. The SMILES string of the molecule is C=Cc1cnc(C2CC2)nc1.CCOc1ccc(N(C)Cc2ccc3c4c(c(N)nc3c2)COC4)c(C)n1. The summed E-state index contributed by atoms with van der Waals surface area (Å²) in [5.41, 5.74) is 13.4. The molecule has 8 heteroatoms. The first-order valence-electron chi connectivity index (χ1n) is 13.0. The smallest absolute Gasteiger partial charge is 0.213 e. The molecule has 0 bridgehead atoms. The van der Waals surface area contributed by atoms with Crippen molar-refractivity contribution in [3.63, 3.8) is 0 Å². The Morgan fingerprint density at radius 3 is 2.55 bits per heavy atom. The van der Waals surface area contributed by atoms with E-state index in [9.17, 15) is 0 Å². The van der Waals surface area contributed by atoms with Gasteiger partial charge in [-0.1, -0.05) is 24.8 Å². The molecule has 0 saturated heterocycles. The minimum atomic E-state index is 0.554. The van der Waals surface area contributed by atoms with Crippen molar-refractivity contribution in [1.29, 1.82) is 0 Å². The van der Waals surface area contributed by atoms with E-state index in [1.54, 1.807) is 6.08 Å². The Morgan fingerprint density at radius 1 is 1.11 bits per heavy atom. The van der Waals surface area contributed by atoms with Crippen LogP contribution in [0.2, 0.25) is 0 Å². The Balaban J connectivity index is 0.000000222. The van der Waals surface area contributed by atoms with Crippen LogP contribution in [0.4, 0.5) is 11.5 Å². The van der Waals surface area contributed by atoms with Crippen LogP contribution in [0.3, 0.4) is 0 Å². The number of hydrogen-bond donors (Lipinski definition) is 1. The number of nitrogens with two attached hydrogens (primary N) is 1. The second-order valence-corrected chi connectivity index (χ2v) is 9.69. The number of benzene rings is 1. The van der Waals surface area contributed by atoms with E-state index in [0.29, 0.717) is 37.4 Å². The number of aromatic nitrogens is 4. The third kappa shape index (κ3) is 5.60. The monoisotopic (exact) mass is 510 g/mol. The molecule has 0 unspecified atom stereocenters.